The maximum absolute atomic E-state index is 11.9. The van der Waals surface area contributed by atoms with Gasteiger partial charge in [-0.25, -0.2) is 0 Å². The van der Waals surface area contributed by atoms with Crippen molar-refractivity contribution in [1.82, 2.24) is 0 Å². The van der Waals surface area contributed by atoms with Crippen LogP contribution < -0.4 is 4.90 Å². The zero-order valence-electron chi connectivity index (χ0n) is 10.5. The highest BCUT2D eigenvalue weighted by atomic mass is 32.2. The molecule has 1 fully saturated rings. The van der Waals surface area contributed by atoms with Gasteiger partial charge < -0.3 is 4.42 Å². The lowest BCUT2D eigenvalue weighted by Crippen LogP contribution is -2.28. The molecule has 1 saturated heterocycles. The number of para-hydroxylation sites is 1. The molecule has 20 heavy (non-hydrogen) atoms. The lowest BCUT2D eigenvalue weighted by molar-refractivity contribution is -0.115. The molecule has 1 amide bonds. The lowest BCUT2D eigenvalue weighted by atomic mass is 10.3. The van der Waals surface area contributed by atoms with Gasteiger partial charge in [0.05, 0.1) is 23.9 Å². The van der Waals surface area contributed by atoms with E-state index in [1.54, 1.807) is 23.3 Å². The van der Waals surface area contributed by atoms with Crippen LogP contribution in [-0.4, -0.2) is 23.0 Å². The average molecular weight is 285 g/mol. The summed E-state index contributed by atoms with van der Waals surface area (Å²) in [4.78, 5) is 13.5. The minimum Gasteiger partial charge on any atom is -0.463 e. The predicted octanol–water partition coefficient (Wildman–Crippen LogP) is 2.75. The number of rotatable bonds is 3. The summed E-state index contributed by atoms with van der Waals surface area (Å²) >= 11 is 1.37. The van der Waals surface area contributed by atoms with E-state index in [0.717, 1.165) is 5.69 Å². The standard InChI is InChI=1S/C14H11N3O2S/c18-13-10-20-14(16-15-9-12-7-4-8-19-12)17(13)11-5-2-1-3-6-11/h1-9H,10H2/b15-9+,16-14-. The second-order valence-corrected chi connectivity index (χ2v) is 4.94. The number of amidine groups is 1. The molecule has 6 heteroatoms. The maximum Gasteiger partial charge on any atom is 0.243 e. The van der Waals surface area contributed by atoms with Crippen LogP contribution in [0.2, 0.25) is 0 Å². The highest BCUT2D eigenvalue weighted by molar-refractivity contribution is 8.15. The van der Waals surface area contributed by atoms with Crippen LogP contribution in [0.15, 0.2) is 63.3 Å². The molecule has 2 aromatic rings. The summed E-state index contributed by atoms with van der Waals surface area (Å²) in [7, 11) is 0. The van der Waals surface area contributed by atoms with Gasteiger partial charge in [-0.15, -0.1) is 5.10 Å². The fourth-order valence-electron chi connectivity index (χ4n) is 1.77. The third kappa shape index (κ3) is 2.65. The van der Waals surface area contributed by atoms with Crippen molar-refractivity contribution < 1.29 is 9.21 Å². The van der Waals surface area contributed by atoms with Crippen LogP contribution in [0.1, 0.15) is 5.76 Å². The van der Waals surface area contributed by atoms with Gasteiger partial charge in [0.25, 0.3) is 0 Å². The van der Waals surface area contributed by atoms with Crippen LogP contribution >= 0.6 is 11.8 Å². The monoisotopic (exact) mass is 285 g/mol. The molecule has 100 valence electrons. The molecule has 2 heterocycles. The third-order valence-electron chi connectivity index (χ3n) is 2.65. The fourth-order valence-corrected chi connectivity index (χ4v) is 2.59. The quantitative estimate of drug-likeness (QED) is 0.643. The van der Waals surface area contributed by atoms with E-state index < -0.39 is 0 Å². The van der Waals surface area contributed by atoms with Crippen LogP contribution in [0.4, 0.5) is 5.69 Å². The van der Waals surface area contributed by atoms with E-state index in [-0.39, 0.29) is 5.91 Å². The molecule has 1 aliphatic heterocycles. The largest absolute Gasteiger partial charge is 0.463 e. The van der Waals surface area contributed by atoms with Crippen molar-refractivity contribution in [3.63, 3.8) is 0 Å². The third-order valence-corrected chi connectivity index (χ3v) is 3.56. The van der Waals surface area contributed by atoms with Gasteiger partial charge in [-0.1, -0.05) is 30.0 Å². The zero-order valence-corrected chi connectivity index (χ0v) is 11.3. The van der Waals surface area contributed by atoms with E-state index in [1.165, 1.54) is 18.0 Å². The summed E-state index contributed by atoms with van der Waals surface area (Å²) in [5.41, 5.74) is 0.800. The van der Waals surface area contributed by atoms with Gasteiger partial charge in [-0.2, -0.15) is 5.10 Å². The molecule has 1 aromatic carbocycles. The van der Waals surface area contributed by atoms with Crippen LogP contribution in [0.25, 0.3) is 0 Å². The van der Waals surface area contributed by atoms with Crippen molar-refractivity contribution in [1.29, 1.82) is 0 Å². The molecular formula is C14H11N3O2S. The van der Waals surface area contributed by atoms with Gasteiger partial charge in [0.15, 0.2) is 5.17 Å². The highest BCUT2D eigenvalue weighted by Crippen LogP contribution is 2.26. The molecule has 0 N–H and O–H groups in total. The number of hydrogen-bond acceptors (Lipinski definition) is 5. The SMILES string of the molecule is O=C1CS/C(=N\N=C\c2ccco2)N1c1ccccc1. The maximum atomic E-state index is 11.9. The Hall–Kier alpha value is -2.34. The number of anilines is 1. The minimum absolute atomic E-state index is 0.00755. The second-order valence-electron chi connectivity index (χ2n) is 4.00. The van der Waals surface area contributed by atoms with E-state index in [1.807, 2.05) is 30.3 Å². The van der Waals surface area contributed by atoms with Gasteiger partial charge in [0.1, 0.15) is 5.76 Å². The zero-order chi connectivity index (χ0) is 13.8. The highest BCUT2D eigenvalue weighted by Gasteiger charge is 2.29. The van der Waals surface area contributed by atoms with Gasteiger partial charge >= 0.3 is 0 Å². The molecule has 1 aliphatic rings. The molecule has 0 radical (unpaired) electrons. The minimum atomic E-state index is 0.00755. The number of thioether (sulfide) groups is 1. The van der Waals surface area contributed by atoms with Crippen LogP contribution in [0.5, 0.6) is 0 Å². The van der Waals surface area contributed by atoms with Crippen molar-refractivity contribution in [2.24, 2.45) is 10.2 Å². The number of nitrogens with zero attached hydrogens (tertiary/aromatic N) is 3. The van der Waals surface area contributed by atoms with Crippen LogP contribution in [0, 0.1) is 0 Å². The molecule has 0 bridgehead atoms. The average Bonchev–Trinajstić information content (AvgIpc) is 3.10. The van der Waals surface area contributed by atoms with Crippen LogP contribution in [-0.2, 0) is 4.79 Å². The smallest absolute Gasteiger partial charge is 0.243 e. The molecule has 3 rings (SSSR count). The summed E-state index contributed by atoms with van der Waals surface area (Å²) in [6.45, 7) is 0. The number of furan rings is 1. The van der Waals surface area contributed by atoms with Gasteiger partial charge in [0.2, 0.25) is 5.91 Å². The van der Waals surface area contributed by atoms with Crippen molar-refractivity contribution in [3.05, 3.63) is 54.5 Å². The topological polar surface area (TPSA) is 58.2 Å². The molecule has 0 saturated carbocycles. The first-order valence-electron chi connectivity index (χ1n) is 6.00. The van der Waals surface area contributed by atoms with E-state index >= 15 is 0 Å². The van der Waals surface area contributed by atoms with E-state index in [4.69, 9.17) is 4.42 Å². The Balaban J connectivity index is 1.83. The molecule has 0 spiro atoms. The Morgan fingerprint density at radius 1 is 1.20 bits per heavy atom. The number of amides is 1. The van der Waals surface area contributed by atoms with Gasteiger partial charge in [0, 0.05) is 0 Å². The van der Waals surface area contributed by atoms with Gasteiger partial charge in [-0.05, 0) is 24.3 Å². The molecule has 0 aliphatic carbocycles. The first-order chi connectivity index (χ1) is 9.84. The first-order valence-corrected chi connectivity index (χ1v) is 6.98. The Morgan fingerprint density at radius 3 is 2.80 bits per heavy atom. The normalized spacial score (nSPS) is 17.5. The van der Waals surface area contributed by atoms with Crippen molar-refractivity contribution in [2.45, 2.75) is 0 Å². The number of benzene rings is 1. The Labute approximate surface area is 120 Å². The number of carbonyl (C=O) groups is 1. The van der Waals surface area contributed by atoms with E-state index in [0.29, 0.717) is 16.7 Å². The van der Waals surface area contributed by atoms with Crippen molar-refractivity contribution in [3.8, 4) is 0 Å². The molecule has 5 nitrogen and oxygen atoms in total. The molecular weight excluding hydrogens is 274 g/mol. The molecule has 0 atom stereocenters. The number of carbonyl (C=O) groups excluding carboxylic acids is 1. The summed E-state index contributed by atoms with van der Waals surface area (Å²) in [5, 5.41) is 8.63. The van der Waals surface area contributed by atoms with Crippen LogP contribution in [0.3, 0.4) is 0 Å². The molecule has 1 aromatic heterocycles. The van der Waals surface area contributed by atoms with E-state index in [2.05, 4.69) is 10.2 Å². The Kier molecular flexibility index (Phi) is 3.64. The fraction of sp³-hybridized carbons (Fsp3) is 0.0714. The van der Waals surface area contributed by atoms with Crippen molar-refractivity contribution in [2.75, 3.05) is 10.7 Å². The van der Waals surface area contributed by atoms with Crippen molar-refractivity contribution >= 4 is 34.7 Å². The predicted molar refractivity (Wildman–Crippen MR) is 80.1 cm³/mol. The summed E-state index contributed by atoms with van der Waals surface area (Å²) in [6.07, 6.45) is 3.08. The first kappa shape index (κ1) is 12.7. The van der Waals surface area contributed by atoms with Gasteiger partial charge in [-0.3, -0.25) is 9.69 Å². The number of hydrogen-bond donors (Lipinski definition) is 0. The molecule has 0 unspecified atom stereocenters. The second kappa shape index (κ2) is 5.75. The summed E-state index contributed by atoms with van der Waals surface area (Å²) < 4.78 is 5.12. The van der Waals surface area contributed by atoms with E-state index in [9.17, 15) is 4.79 Å². The summed E-state index contributed by atoms with van der Waals surface area (Å²) in [5.74, 6) is 1.01. The lowest BCUT2D eigenvalue weighted by Gasteiger charge is -2.14. The Bertz CT molecular complexity index is 650. The summed E-state index contributed by atoms with van der Waals surface area (Å²) in [6, 6.07) is 13.0. The Morgan fingerprint density at radius 2 is 2.05 bits per heavy atom.